The molecular formula is C9H11Br2NO. The molecule has 13 heavy (non-hydrogen) atoms. The lowest BCUT2D eigenvalue weighted by Crippen LogP contribution is -2.08. The van der Waals surface area contributed by atoms with Crippen LogP contribution in [0, 0.1) is 0 Å². The Kier molecular flexibility index (Phi) is 4.77. The van der Waals surface area contributed by atoms with E-state index in [4.69, 9.17) is 4.74 Å². The van der Waals surface area contributed by atoms with Crippen LogP contribution in [0.4, 0.5) is 5.69 Å². The zero-order valence-electron chi connectivity index (χ0n) is 7.31. The van der Waals surface area contributed by atoms with E-state index in [1.807, 2.05) is 18.2 Å². The molecule has 0 aliphatic carbocycles. The van der Waals surface area contributed by atoms with Crippen molar-refractivity contribution in [3.05, 3.63) is 27.1 Å². The zero-order valence-corrected chi connectivity index (χ0v) is 10.5. The molecule has 1 rings (SSSR count). The van der Waals surface area contributed by atoms with E-state index >= 15 is 0 Å². The summed E-state index contributed by atoms with van der Waals surface area (Å²) in [4.78, 5) is 0. The zero-order chi connectivity index (χ0) is 9.68. The van der Waals surface area contributed by atoms with E-state index in [9.17, 15) is 0 Å². The standard InChI is InChI=1S/C9H11Br2NO/c1-13-6-5-12-9-7(10)3-2-4-8(9)11/h2-4,12H,5-6H2,1H3. The minimum absolute atomic E-state index is 0.702. The molecule has 0 heterocycles. The molecule has 0 fully saturated rings. The number of methoxy groups -OCH3 is 1. The molecule has 0 saturated heterocycles. The van der Waals surface area contributed by atoms with Crippen molar-refractivity contribution in [1.82, 2.24) is 0 Å². The van der Waals surface area contributed by atoms with Gasteiger partial charge in [0.15, 0.2) is 0 Å². The Morgan fingerprint density at radius 3 is 2.46 bits per heavy atom. The highest BCUT2D eigenvalue weighted by Gasteiger charge is 2.02. The minimum Gasteiger partial charge on any atom is -0.383 e. The monoisotopic (exact) mass is 307 g/mol. The quantitative estimate of drug-likeness (QED) is 0.862. The first-order valence-electron chi connectivity index (χ1n) is 3.92. The molecule has 0 aliphatic heterocycles. The third-order valence-electron chi connectivity index (χ3n) is 1.57. The van der Waals surface area contributed by atoms with E-state index < -0.39 is 0 Å². The molecule has 4 heteroatoms. The third-order valence-corrected chi connectivity index (χ3v) is 2.89. The van der Waals surface area contributed by atoms with E-state index in [-0.39, 0.29) is 0 Å². The summed E-state index contributed by atoms with van der Waals surface area (Å²) >= 11 is 6.93. The number of halogens is 2. The number of rotatable bonds is 4. The maximum absolute atomic E-state index is 4.95. The van der Waals surface area contributed by atoms with Crippen molar-refractivity contribution in [3.63, 3.8) is 0 Å². The number of ether oxygens (including phenoxy) is 1. The Morgan fingerprint density at radius 1 is 1.31 bits per heavy atom. The molecule has 0 aliphatic rings. The number of hydrogen-bond acceptors (Lipinski definition) is 2. The van der Waals surface area contributed by atoms with Gasteiger partial charge in [0.2, 0.25) is 0 Å². The van der Waals surface area contributed by atoms with Gasteiger partial charge in [-0.2, -0.15) is 0 Å². The summed E-state index contributed by atoms with van der Waals surface area (Å²) in [5, 5.41) is 3.26. The van der Waals surface area contributed by atoms with Crippen LogP contribution in [-0.2, 0) is 4.74 Å². The van der Waals surface area contributed by atoms with Crippen LogP contribution in [0.2, 0.25) is 0 Å². The molecular weight excluding hydrogens is 298 g/mol. The Balaban J connectivity index is 2.64. The van der Waals surface area contributed by atoms with E-state index in [0.717, 1.165) is 21.2 Å². The lowest BCUT2D eigenvalue weighted by atomic mass is 10.3. The first-order valence-corrected chi connectivity index (χ1v) is 5.51. The van der Waals surface area contributed by atoms with Crippen LogP contribution in [0.25, 0.3) is 0 Å². The van der Waals surface area contributed by atoms with Crippen LogP contribution >= 0.6 is 31.9 Å². The highest BCUT2D eigenvalue weighted by atomic mass is 79.9. The second-order valence-electron chi connectivity index (χ2n) is 2.52. The topological polar surface area (TPSA) is 21.3 Å². The van der Waals surface area contributed by atoms with Gasteiger partial charge in [-0.05, 0) is 44.0 Å². The van der Waals surface area contributed by atoms with Gasteiger partial charge in [-0.15, -0.1) is 0 Å². The Bertz CT molecular complexity index is 258. The predicted octanol–water partition coefficient (Wildman–Crippen LogP) is 3.27. The highest BCUT2D eigenvalue weighted by Crippen LogP contribution is 2.30. The van der Waals surface area contributed by atoms with Crippen LogP contribution in [0.3, 0.4) is 0 Å². The van der Waals surface area contributed by atoms with Gasteiger partial charge >= 0.3 is 0 Å². The van der Waals surface area contributed by atoms with E-state index in [1.54, 1.807) is 7.11 Å². The largest absolute Gasteiger partial charge is 0.383 e. The van der Waals surface area contributed by atoms with Crippen LogP contribution in [0.1, 0.15) is 0 Å². The number of anilines is 1. The average molecular weight is 309 g/mol. The fourth-order valence-corrected chi connectivity index (χ4v) is 2.22. The summed E-state index contributed by atoms with van der Waals surface area (Å²) in [7, 11) is 1.69. The van der Waals surface area contributed by atoms with Crippen LogP contribution in [0.5, 0.6) is 0 Å². The summed E-state index contributed by atoms with van der Waals surface area (Å²) in [5.41, 5.74) is 1.07. The lowest BCUT2D eigenvalue weighted by Gasteiger charge is -2.09. The second-order valence-corrected chi connectivity index (χ2v) is 4.22. The summed E-state index contributed by atoms with van der Waals surface area (Å²) < 4.78 is 7.06. The number of benzene rings is 1. The maximum atomic E-state index is 4.95. The van der Waals surface area contributed by atoms with Crippen molar-refractivity contribution in [2.24, 2.45) is 0 Å². The van der Waals surface area contributed by atoms with Crippen molar-refractivity contribution < 1.29 is 4.74 Å². The smallest absolute Gasteiger partial charge is 0.0635 e. The number of para-hydroxylation sites is 1. The van der Waals surface area contributed by atoms with Crippen LogP contribution in [-0.4, -0.2) is 20.3 Å². The molecule has 2 nitrogen and oxygen atoms in total. The average Bonchev–Trinajstić information content (AvgIpc) is 2.10. The fraction of sp³-hybridized carbons (Fsp3) is 0.333. The van der Waals surface area contributed by atoms with Gasteiger partial charge in [0.1, 0.15) is 0 Å². The molecule has 0 atom stereocenters. The molecule has 0 saturated carbocycles. The summed E-state index contributed by atoms with van der Waals surface area (Å²) in [6, 6.07) is 5.98. The Labute approximate surface area is 94.9 Å². The van der Waals surface area contributed by atoms with Gasteiger partial charge in [0.25, 0.3) is 0 Å². The van der Waals surface area contributed by atoms with Gasteiger partial charge in [-0.3, -0.25) is 0 Å². The van der Waals surface area contributed by atoms with Gasteiger partial charge in [-0.1, -0.05) is 6.07 Å². The number of nitrogens with one attached hydrogen (secondary N) is 1. The molecule has 0 unspecified atom stereocenters. The van der Waals surface area contributed by atoms with Crippen molar-refractivity contribution in [3.8, 4) is 0 Å². The molecule has 0 spiro atoms. The molecule has 72 valence electrons. The van der Waals surface area contributed by atoms with E-state index in [2.05, 4.69) is 37.2 Å². The first kappa shape index (κ1) is 11.0. The molecule has 0 bridgehead atoms. The number of hydrogen-bond donors (Lipinski definition) is 1. The van der Waals surface area contributed by atoms with Gasteiger partial charge in [0.05, 0.1) is 12.3 Å². The molecule has 1 N–H and O–H groups in total. The second kappa shape index (κ2) is 5.62. The molecule has 1 aromatic rings. The summed E-state index contributed by atoms with van der Waals surface area (Å²) in [6.07, 6.45) is 0. The van der Waals surface area contributed by atoms with Crippen molar-refractivity contribution in [1.29, 1.82) is 0 Å². The van der Waals surface area contributed by atoms with Gasteiger partial charge in [0, 0.05) is 22.6 Å². The van der Waals surface area contributed by atoms with Crippen LogP contribution in [0.15, 0.2) is 27.1 Å². The van der Waals surface area contributed by atoms with E-state index in [0.29, 0.717) is 6.61 Å². The Hall–Kier alpha value is -0.0600. The first-order chi connectivity index (χ1) is 6.25. The summed E-state index contributed by atoms with van der Waals surface area (Å²) in [6.45, 7) is 1.51. The lowest BCUT2D eigenvalue weighted by molar-refractivity contribution is 0.210. The van der Waals surface area contributed by atoms with Crippen molar-refractivity contribution >= 4 is 37.5 Å². The molecule has 1 aromatic carbocycles. The molecule has 0 aromatic heterocycles. The van der Waals surface area contributed by atoms with Gasteiger partial charge in [-0.25, -0.2) is 0 Å². The van der Waals surface area contributed by atoms with E-state index in [1.165, 1.54) is 0 Å². The normalized spacial score (nSPS) is 10.1. The Morgan fingerprint density at radius 2 is 1.92 bits per heavy atom. The van der Waals surface area contributed by atoms with Crippen molar-refractivity contribution in [2.75, 3.05) is 25.6 Å². The predicted molar refractivity (Wildman–Crippen MR) is 62.2 cm³/mol. The SMILES string of the molecule is COCCNc1c(Br)cccc1Br. The van der Waals surface area contributed by atoms with Crippen LogP contribution < -0.4 is 5.32 Å². The summed E-state index contributed by atoms with van der Waals surface area (Å²) in [5.74, 6) is 0. The highest BCUT2D eigenvalue weighted by molar-refractivity contribution is 9.11. The fourth-order valence-electron chi connectivity index (χ4n) is 0.945. The van der Waals surface area contributed by atoms with Crippen molar-refractivity contribution in [2.45, 2.75) is 0 Å². The maximum Gasteiger partial charge on any atom is 0.0635 e. The molecule has 0 amide bonds. The molecule has 0 radical (unpaired) electrons. The van der Waals surface area contributed by atoms with Gasteiger partial charge < -0.3 is 10.1 Å². The minimum atomic E-state index is 0.702. The third kappa shape index (κ3) is 3.29.